The Morgan fingerprint density at radius 3 is 2.95 bits per heavy atom. The van der Waals surface area contributed by atoms with Gasteiger partial charge in [-0.2, -0.15) is 9.97 Å². The van der Waals surface area contributed by atoms with E-state index in [0.29, 0.717) is 68.8 Å². The minimum Gasteiger partial charge on any atom is -0.461 e. The number of anilines is 2. The van der Waals surface area contributed by atoms with Crippen molar-refractivity contribution in [3.8, 4) is 6.01 Å². The lowest BCUT2D eigenvalue weighted by Gasteiger charge is -2.31. The van der Waals surface area contributed by atoms with Crippen LogP contribution in [0.1, 0.15) is 41.7 Å². The molecule has 0 unspecified atom stereocenters. The second-order valence-electron chi connectivity index (χ2n) is 10.9. The quantitative estimate of drug-likeness (QED) is 0.533. The first-order valence-corrected chi connectivity index (χ1v) is 13.7. The molecule has 2 atom stereocenters. The van der Waals surface area contributed by atoms with Gasteiger partial charge in [-0.15, -0.1) is 0 Å². The molecule has 0 saturated carbocycles. The molecule has 6 heterocycles. The van der Waals surface area contributed by atoms with Crippen molar-refractivity contribution in [3.63, 3.8) is 0 Å². The van der Waals surface area contributed by atoms with Gasteiger partial charge in [-0.05, 0) is 31.2 Å². The molecule has 4 aliphatic rings. The number of carbonyl (C=O) groups is 1. The number of benzene rings is 1. The SMILES string of the molecule is O=C1c2c(nc(OC[C@@]34CCCN3C[C@H](F)C4)nc2N2CCCOCC2)CN1c1[nH]c(=O)cc2ccccc12. The number of ether oxygens (including phenoxy) is 2. The number of amides is 1. The maximum absolute atomic E-state index is 14.3. The molecular weight excluding hydrogens is 503 g/mol. The van der Waals surface area contributed by atoms with Gasteiger partial charge in [0.2, 0.25) is 5.56 Å². The highest BCUT2D eigenvalue weighted by atomic mass is 19.1. The minimum absolute atomic E-state index is 0.179. The molecule has 0 bridgehead atoms. The normalized spacial score (nSPS) is 25.3. The molecule has 3 fully saturated rings. The van der Waals surface area contributed by atoms with Crippen molar-refractivity contribution in [2.45, 2.75) is 43.9 Å². The lowest BCUT2D eigenvalue weighted by molar-refractivity contribution is 0.0995. The van der Waals surface area contributed by atoms with Crippen LogP contribution < -0.4 is 20.1 Å². The van der Waals surface area contributed by atoms with Gasteiger partial charge in [0.05, 0.1) is 24.4 Å². The summed E-state index contributed by atoms with van der Waals surface area (Å²) in [6.07, 6.45) is 2.31. The number of fused-ring (bicyclic) bond motifs is 3. The second kappa shape index (κ2) is 9.56. The van der Waals surface area contributed by atoms with Crippen molar-refractivity contribution < 1.29 is 18.7 Å². The van der Waals surface area contributed by atoms with Gasteiger partial charge in [-0.1, -0.05) is 24.3 Å². The Kier molecular flexibility index (Phi) is 6.00. The topological polar surface area (TPSA) is 104 Å². The molecule has 1 N–H and O–H groups in total. The lowest BCUT2D eigenvalue weighted by atomic mass is 9.95. The van der Waals surface area contributed by atoms with E-state index in [1.165, 1.54) is 6.07 Å². The second-order valence-corrected chi connectivity index (χ2v) is 10.9. The third kappa shape index (κ3) is 4.24. The van der Waals surface area contributed by atoms with Crippen molar-refractivity contribution in [1.29, 1.82) is 0 Å². The number of H-pyrrole nitrogens is 1. The molecule has 0 aliphatic carbocycles. The molecule has 39 heavy (non-hydrogen) atoms. The van der Waals surface area contributed by atoms with Crippen molar-refractivity contribution in [2.24, 2.45) is 0 Å². The molecule has 3 saturated heterocycles. The highest BCUT2D eigenvalue weighted by Gasteiger charge is 2.49. The summed E-state index contributed by atoms with van der Waals surface area (Å²) < 4.78 is 26.2. The van der Waals surface area contributed by atoms with Crippen molar-refractivity contribution in [3.05, 3.63) is 51.9 Å². The zero-order valence-corrected chi connectivity index (χ0v) is 21.7. The Balaban J connectivity index is 1.26. The van der Waals surface area contributed by atoms with Gasteiger partial charge >= 0.3 is 6.01 Å². The van der Waals surface area contributed by atoms with Gasteiger partial charge in [-0.25, -0.2) is 4.39 Å². The molecule has 4 aliphatic heterocycles. The van der Waals surface area contributed by atoms with E-state index in [-0.39, 0.29) is 29.6 Å². The van der Waals surface area contributed by atoms with Crippen molar-refractivity contribution >= 4 is 28.3 Å². The third-order valence-corrected chi connectivity index (χ3v) is 8.48. The number of aromatic amines is 1. The molecule has 0 spiro atoms. The maximum Gasteiger partial charge on any atom is 0.318 e. The fourth-order valence-electron chi connectivity index (χ4n) is 6.65. The summed E-state index contributed by atoms with van der Waals surface area (Å²) in [5, 5.41) is 1.53. The van der Waals surface area contributed by atoms with Crippen LogP contribution >= 0.6 is 0 Å². The molecule has 204 valence electrons. The summed E-state index contributed by atoms with van der Waals surface area (Å²) in [5.41, 5.74) is 0.358. The number of nitrogens with one attached hydrogen (secondary N) is 1. The Morgan fingerprint density at radius 1 is 1.13 bits per heavy atom. The van der Waals surface area contributed by atoms with Crippen LogP contribution in [0.3, 0.4) is 0 Å². The fourth-order valence-corrected chi connectivity index (χ4v) is 6.65. The largest absolute Gasteiger partial charge is 0.461 e. The Labute approximate surface area is 224 Å². The molecule has 0 radical (unpaired) electrons. The van der Waals surface area contributed by atoms with Crippen LogP contribution in [0.15, 0.2) is 35.1 Å². The van der Waals surface area contributed by atoms with Gasteiger partial charge in [0.1, 0.15) is 30.0 Å². The van der Waals surface area contributed by atoms with E-state index in [2.05, 4.69) is 14.8 Å². The lowest BCUT2D eigenvalue weighted by Crippen LogP contribution is -2.43. The summed E-state index contributed by atoms with van der Waals surface area (Å²) in [6, 6.07) is 9.20. The van der Waals surface area contributed by atoms with Crippen molar-refractivity contribution in [2.75, 3.05) is 55.8 Å². The summed E-state index contributed by atoms with van der Waals surface area (Å²) in [4.78, 5) is 44.6. The number of nitrogens with zero attached hydrogens (tertiary/aromatic N) is 5. The van der Waals surface area contributed by atoms with E-state index in [9.17, 15) is 14.0 Å². The summed E-state index contributed by atoms with van der Waals surface area (Å²) in [6.45, 7) is 4.25. The average molecular weight is 535 g/mol. The smallest absolute Gasteiger partial charge is 0.318 e. The third-order valence-electron chi connectivity index (χ3n) is 8.48. The fraction of sp³-hybridized carbons (Fsp3) is 0.500. The van der Waals surface area contributed by atoms with E-state index in [0.717, 1.165) is 36.6 Å². The van der Waals surface area contributed by atoms with E-state index in [1.807, 2.05) is 24.3 Å². The number of hydrogen-bond donors (Lipinski definition) is 1. The number of carbonyl (C=O) groups excluding carboxylic acids is 1. The van der Waals surface area contributed by atoms with E-state index < -0.39 is 6.17 Å². The molecule has 7 rings (SSSR count). The average Bonchev–Trinajstić information content (AvgIpc) is 3.46. The van der Waals surface area contributed by atoms with Gasteiger partial charge in [0.25, 0.3) is 5.91 Å². The summed E-state index contributed by atoms with van der Waals surface area (Å²) in [5.74, 6) is 0.695. The highest BCUT2D eigenvalue weighted by Crippen LogP contribution is 2.41. The van der Waals surface area contributed by atoms with Crippen LogP contribution in [-0.4, -0.2) is 83.5 Å². The van der Waals surface area contributed by atoms with Crippen LogP contribution in [-0.2, 0) is 11.3 Å². The van der Waals surface area contributed by atoms with E-state index in [1.54, 1.807) is 4.90 Å². The van der Waals surface area contributed by atoms with E-state index in [4.69, 9.17) is 19.4 Å². The van der Waals surface area contributed by atoms with Crippen LogP contribution in [0.2, 0.25) is 0 Å². The number of alkyl halides is 1. The molecule has 11 heteroatoms. The Bertz CT molecular complexity index is 1490. The minimum atomic E-state index is -0.850. The molecular formula is C28H31FN6O4. The molecule has 10 nitrogen and oxygen atoms in total. The first-order chi connectivity index (χ1) is 19.0. The number of rotatable bonds is 5. The maximum atomic E-state index is 14.3. The zero-order valence-electron chi connectivity index (χ0n) is 21.7. The molecule has 1 aromatic carbocycles. The standard InChI is InChI=1S/C28H31FN6O4/c29-19-14-28(7-3-9-34(28)15-19)17-39-27-30-21-16-35(24-20-6-2-1-5-18(20)13-22(36)31-24)26(37)23(21)25(32-27)33-8-4-11-38-12-10-33/h1-2,5-6,13,19H,3-4,7-12,14-17H2,(H,31,36)/t19-,28+/m1/s1. The monoisotopic (exact) mass is 534 g/mol. The zero-order chi connectivity index (χ0) is 26.6. The van der Waals surface area contributed by atoms with Crippen LogP contribution in [0.4, 0.5) is 16.0 Å². The predicted octanol–water partition coefficient (Wildman–Crippen LogP) is 2.66. The Morgan fingerprint density at radius 2 is 2.03 bits per heavy atom. The van der Waals surface area contributed by atoms with Gasteiger partial charge in [0, 0.05) is 44.1 Å². The van der Waals surface area contributed by atoms with Crippen molar-refractivity contribution in [1.82, 2.24) is 19.9 Å². The molecule has 1 amide bonds. The summed E-state index contributed by atoms with van der Waals surface area (Å²) >= 11 is 0. The van der Waals surface area contributed by atoms with Gasteiger partial charge < -0.3 is 19.4 Å². The van der Waals surface area contributed by atoms with E-state index >= 15 is 0 Å². The first-order valence-electron chi connectivity index (χ1n) is 13.7. The van der Waals surface area contributed by atoms with Crippen LogP contribution in [0, 0.1) is 0 Å². The predicted molar refractivity (Wildman–Crippen MR) is 143 cm³/mol. The number of aromatic nitrogens is 3. The Hall–Kier alpha value is -3.57. The first kappa shape index (κ1) is 24.5. The number of pyridine rings is 1. The number of hydrogen-bond acceptors (Lipinski definition) is 8. The van der Waals surface area contributed by atoms with Crippen LogP contribution in [0.25, 0.3) is 10.8 Å². The van der Waals surface area contributed by atoms with Crippen LogP contribution in [0.5, 0.6) is 6.01 Å². The van der Waals surface area contributed by atoms with Gasteiger partial charge in [-0.3, -0.25) is 19.4 Å². The van der Waals surface area contributed by atoms with Gasteiger partial charge in [0.15, 0.2) is 0 Å². The molecule has 3 aromatic rings. The molecule has 2 aromatic heterocycles. The highest BCUT2D eigenvalue weighted by molar-refractivity contribution is 6.15. The summed E-state index contributed by atoms with van der Waals surface area (Å²) in [7, 11) is 0. The number of halogens is 1.